The number of rotatable bonds is 17. The molecule has 0 aliphatic heterocycles. The molecule has 0 aromatic heterocycles. The van der Waals surface area contributed by atoms with E-state index in [1.807, 2.05) is 0 Å². The van der Waals surface area contributed by atoms with Crippen LogP contribution in [0.5, 0.6) is 0 Å². The third-order valence-corrected chi connectivity index (χ3v) is 4.46. The van der Waals surface area contributed by atoms with Crippen molar-refractivity contribution in [3.8, 4) is 0 Å². The molecule has 0 N–H and O–H groups in total. The van der Waals surface area contributed by atoms with Crippen molar-refractivity contribution in [3.05, 3.63) is 12.2 Å². The average molecular weight is 407 g/mol. The lowest BCUT2D eigenvalue weighted by molar-refractivity contribution is -0.143. The van der Waals surface area contributed by atoms with Crippen LogP contribution in [-0.4, -0.2) is 16.0 Å². The minimum Gasteiger partial charge on any atom is -0.462 e. The summed E-state index contributed by atoms with van der Waals surface area (Å²) in [6.45, 7) is 2.38. The summed E-state index contributed by atoms with van der Waals surface area (Å²) in [5.74, 6) is -0.181. The molecule has 0 amide bonds. The van der Waals surface area contributed by atoms with Crippen molar-refractivity contribution in [2.24, 2.45) is 0 Å². The van der Waals surface area contributed by atoms with Crippen LogP contribution in [0.3, 0.4) is 0 Å². The van der Waals surface area contributed by atoms with Gasteiger partial charge in [-0.1, -0.05) is 70.4 Å². The summed E-state index contributed by atoms with van der Waals surface area (Å²) in [4.78, 5) is 11.5. The molecule has 0 heterocycles. The standard InChI is InChI=1S/C20H38O2S3/c1-2-3-4-5-6-7-8-9-10-11-12-13-14-15-16-17-19(21)22-18-20(23,24)25/h9-10,23-25H,2-8,11-18H2,1H3. The highest BCUT2D eigenvalue weighted by molar-refractivity contribution is 8.17. The number of unbranched alkanes of at least 4 members (excludes halogenated alkanes) is 11. The Hall–Kier alpha value is 0.260. The molecule has 0 unspecified atom stereocenters. The van der Waals surface area contributed by atoms with Crippen LogP contribution in [0.25, 0.3) is 0 Å². The molecule has 5 heteroatoms. The smallest absolute Gasteiger partial charge is 0.305 e. The van der Waals surface area contributed by atoms with E-state index < -0.39 is 3.41 Å². The Bertz CT molecular complexity index is 338. The van der Waals surface area contributed by atoms with Crippen LogP contribution in [-0.2, 0) is 9.53 Å². The quantitative estimate of drug-likeness (QED) is 0.0796. The zero-order chi connectivity index (χ0) is 18.8. The summed E-state index contributed by atoms with van der Waals surface area (Å²) < 4.78 is 4.20. The van der Waals surface area contributed by atoms with E-state index in [0.29, 0.717) is 6.42 Å². The Morgan fingerprint density at radius 1 is 0.800 bits per heavy atom. The minimum atomic E-state index is -0.849. The third-order valence-electron chi connectivity index (χ3n) is 4.07. The van der Waals surface area contributed by atoms with Gasteiger partial charge in [-0.05, 0) is 32.1 Å². The molecular formula is C20H38O2S3. The molecule has 0 aliphatic rings. The molecule has 0 fully saturated rings. The lowest BCUT2D eigenvalue weighted by Gasteiger charge is -2.14. The van der Waals surface area contributed by atoms with Crippen LogP contribution in [0, 0.1) is 0 Å². The van der Waals surface area contributed by atoms with Crippen LogP contribution in [0.2, 0.25) is 0 Å². The first-order valence-electron chi connectivity index (χ1n) is 9.93. The van der Waals surface area contributed by atoms with Crippen LogP contribution < -0.4 is 0 Å². The van der Waals surface area contributed by atoms with Gasteiger partial charge in [0.25, 0.3) is 0 Å². The van der Waals surface area contributed by atoms with Gasteiger partial charge in [-0.15, -0.1) is 37.9 Å². The molecule has 25 heavy (non-hydrogen) atoms. The fraction of sp³-hybridized carbons (Fsp3) is 0.850. The summed E-state index contributed by atoms with van der Waals surface area (Å²) in [5.41, 5.74) is 0. The van der Waals surface area contributed by atoms with Crippen LogP contribution in [0.4, 0.5) is 0 Å². The third kappa shape index (κ3) is 22.2. The highest BCUT2D eigenvalue weighted by Gasteiger charge is 2.16. The molecular weight excluding hydrogens is 368 g/mol. The van der Waals surface area contributed by atoms with Gasteiger partial charge in [-0.3, -0.25) is 4.79 Å². The molecule has 2 nitrogen and oxygen atoms in total. The molecule has 0 aromatic carbocycles. The number of hydrogen-bond donors (Lipinski definition) is 3. The summed E-state index contributed by atoms with van der Waals surface area (Å²) in [6.07, 6.45) is 21.5. The largest absolute Gasteiger partial charge is 0.462 e. The van der Waals surface area contributed by atoms with Crippen molar-refractivity contribution < 1.29 is 9.53 Å². The van der Waals surface area contributed by atoms with Gasteiger partial charge in [-0.25, -0.2) is 0 Å². The molecule has 0 saturated carbocycles. The molecule has 0 radical (unpaired) electrons. The average Bonchev–Trinajstić information content (AvgIpc) is 2.56. The normalized spacial score (nSPS) is 12.0. The van der Waals surface area contributed by atoms with E-state index in [4.69, 9.17) is 4.74 Å². The van der Waals surface area contributed by atoms with Crippen LogP contribution in [0.1, 0.15) is 96.8 Å². The van der Waals surface area contributed by atoms with Gasteiger partial charge in [0.1, 0.15) is 10.0 Å². The number of ether oxygens (including phenoxy) is 1. The molecule has 0 atom stereocenters. The maximum atomic E-state index is 11.5. The molecule has 0 aliphatic carbocycles. The predicted molar refractivity (Wildman–Crippen MR) is 120 cm³/mol. The highest BCUT2D eigenvalue weighted by atomic mass is 32.2. The Kier molecular flexibility index (Phi) is 17.8. The number of esters is 1. The fourth-order valence-corrected chi connectivity index (χ4v) is 2.78. The zero-order valence-corrected chi connectivity index (χ0v) is 18.6. The molecule has 0 spiro atoms. The van der Waals surface area contributed by atoms with Gasteiger partial charge in [-0.2, -0.15) is 0 Å². The molecule has 0 saturated heterocycles. The van der Waals surface area contributed by atoms with Gasteiger partial charge in [0.2, 0.25) is 0 Å². The van der Waals surface area contributed by atoms with Crippen molar-refractivity contribution in [2.45, 2.75) is 100 Å². The van der Waals surface area contributed by atoms with Crippen LogP contribution in [0.15, 0.2) is 12.2 Å². The Morgan fingerprint density at radius 3 is 1.80 bits per heavy atom. The Labute approximate surface area is 172 Å². The van der Waals surface area contributed by atoms with Gasteiger partial charge < -0.3 is 4.74 Å². The molecule has 0 bridgehead atoms. The van der Waals surface area contributed by atoms with Gasteiger partial charge in [0.15, 0.2) is 0 Å². The van der Waals surface area contributed by atoms with Crippen molar-refractivity contribution in [1.82, 2.24) is 0 Å². The summed E-state index contributed by atoms with van der Waals surface area (Å²) in [7, 11) is 0. The lowest BCUT2D eigenvalue weighted by atomic mass is 10.1. The fourth-order valence-electron chi connectivity index (χ4n) is 2.59. The van der Waals surface area contributed by atoms with E-state index in [0.717, 1.165) is 12.8 Å². The van der Waals surface area contributed by atoms with E-state index in [1.165, 1.54) is 70.6 Å². The number of thiol groups is 3. The van der Waals surface area contributed by atoms with E-state index in [1.54, 1.807) is 0 Å². The number of allylic oxidation sites excluding steroid dienone is 2. The van der Waals surface area contributed by atoms with E-state index in [2.05, 4.69) is 57.0 Å². The van der Waals surface area contributed by atoms with E-state index >= 15 is 0 Å². The second kappa shape index (κ2) is 17.7. The second-order valence-electron chi connectivity index (χ2n) is 6.77. The summed E-state index contributed by atoms with van der Waals surface area (Å²) in [5, 5.41) is 0. The maximum absolute atomic E-state index is 11.5. The first-order chi connectivity index (χ1) is 12.0. The summed E-state index contributed by atoms with van der Waals surface area (Å²) in [6, 6.07) is 0. The first-order valence-corrected chi connectivity index (χ1v) is 11.3. The Balaban J connectivity index is 3.25. The summed E-state index contributed by atoms with van der Waals surface area (Å²) >= 11 is 12.2. The second-order valence-corrected chi connectivity index (χ2v) is 10.1. The van der Waals surface area contributed by atoms with Gasteiger partial charge in [0, 0.05) is 6.42 Å². The highest BCUT2D eigenvalue weighted by Crippen LogP contribution is 2.24. The van der Waals surface area contributed by atoms with Crippen molar-refractivity contribution in [1.29, 1.82) is 0 Å². The molecule has 0 rings (SSSR count). The number of hydrogen-bond acceptors (Lipinski definition) is 5. The van der Waals surface area contributed by atoms with Crippen molar-refractivity contribution in [3.63, 3.8) is 0 Å². The van der Waals surface area contributed by atoms with Crippen LogP contribution >= 0.6 is 37.9 Å². The number of carbonyl (C=O) groups is 1. The minimum absolute atomic E-state index is 0.117. The lowest BCUT2D eigenvalue weighted by Crippen LogP contribution is -2.17. The number of carbonyl (C=O) groups excluding carboxylic acids is 1. The molecule has 0 aromatic rings. The van der Waals surface area contributed by atoms with Gasteiger partial charge >= 0.3 is 5.97 Å². The first kappa shape index (κ1) is 25.3. The SMILES string of the molecule is CCCCCCCCC=CCCCCCCCC(=O)OCC(S)(S)S. The van der Waals surface area contributed by atoms with Crippen molar-refractivity contribution >= 4 is 43.9 Å². The zero-order valence-electron chi connectivity index (χ0n) is 15.9. The van der Waals surface area contributed by atoms with Crippen molar-refractivity contribution in [2.75, 3.05) is 6.61 Å². The topological polar surface area (TPSA) is 26.3 Å². The van der Waals surface area contributed by atoms with E-state index in [9.17, 15) is 4.79 Å². The monoisotopic (exact) mass is 406 g/mol. The Morgan fingerprint density at radius 2 is 1.28 bits per heavy atom. The maximum Gasteiger partial charge on any atom is 0.305 e. The molecule has 148 valence electrons. The van der Waals surface area contributed by atoms with Gasteiger partial charge in [0.05, 0.1) is 0 Å². The van der Waals surface area contributed by atoms with E-state index in [-0.39, 0.29) is 12.6 Å². The predicted octanol–water partition coefficient (Wildman–Crippen LogP) is 7.01.